The van der Waals surface area contributed by atoms with Gasteiger partial charge in [-0.05, 0) is 58.3 Å². The topological polar surface area (TPSA) is 73.0 Å². The molecule has 1 aliphatic heterocycles. The van der Waals surface area contributed by atoms with Crippen molar-refractivity contribution >= 4 is 17.7 Å². The van der Waals surface area contributed by atoms with Crippen molar-refractivity contribution in [3.05, 3.63) is 35.9 Å². The van der Waals surface area contributed by atoms with Crippen LogP contribution in [0.15, 0.2) is 30.3 Å². The van der Waals surface area contributed by atoms with Crippen LogP contribution in [0, 0.1) is 11.8 Å². The summed E-state index contributed by atoms with van der Waals surface area (Å²) in [6, 6.07) is 10.2. The number of imide groups is 1. The minimum atomic E-state index is -0.311. The van der Waals surface area contributed by atoms with E-state index in [4.69, 9.17) is 0 Å². The quantitative estimate of drug-likeness (QED) is 0.669. The molecule has 176 valence electrons. The summed E-state index contributed by atoms with van der Waals surface area (Å²) in [4.78, 5) is 44.2. The molecule has 1 N–H and O–H groups in total. The highest BCUT2D eigenvalue weighted by atomic mass is 16.2. The Morgan fingerprint density at radius 3 is 2.62 bits per heavy atom. The first-order chi connectivity index (χ1) is 15.3. The van der Waals surface area contributed by atoms with E-state index >= 15 is 0 Å². The fourth-order valence-corrected chi connectivity index (χ4v) is 5.10. The maximum Gasteiger partial charge on any atom is 0.324 e. The maximum atomic E-state index is 13.5. The van der Waals surface area contributed by atoms with Gasteiger partial charge >= 0.3 is 6.03 Å². The highest BCUT2D eigenvalue weighted by Crippen LogP contribution is 2.36. The molecule has 7 nitrogen and oxygen atoms in total. The average molecular weight is 443 g/mol. The molecule has 0 spiro atoms. The number of aryl methyl sites for hydroxylation is 1. The van der Waals surface area contributed by atoms with E-state index in [-0.39, 0.29) is 23.8 Å². The normalized spacial score (nSPS) is 23.6. The van der Waals surface area contributed by atoms with Crippen molar-refractivity contribution in [3.63, 3.8) is 0 Å². The van der Waals surface area contributed by atoms with Gasteiger partial charge in [-0.2, -0.15) is 0 Å². The van der Waals surface area contributed by atoms with Crippen molar-refractivity contribution in [2.45, 2.75) is 44.6 Å². The van der Waals surface area contributed by atoms with E-state index in [2.05, 4.69) is 22.3 Å². The standard InChI is InChI=1S/C25H38N4O3/c1-27(2)15-13-26-25(32)29(14-7-10-19-8-5-4-6-9-19)24(31)21-16-20-17-22(30)11-12-23(20)28(3)18-21/h4-6,8-9,20-21,23H,7,10-18H2,1-3H3,(H,26,32)/t20-,21-,23-/m1/s1. The second kappa shape index (κ2) is 11.6. The van der Waals surface area contributed by atoms with Gasteiger partial charge in [-0.25, -0.2) is 4.79 Å². The van der Waals surface area contributed by atoms with E-state index in [1.807, 2.05) is 44.2 Å². The van der Waals surface area contributed by atoms with Gasteiger partial charge in [0, 0.05) is 45.1 Å². The Morgan fingerprint density at radius 2 is 1.91 bits per heavy atom. The van der Waals surface area contributed by atoms with E-state index in [1.165, 1.54) is 10.5 Å². The van der Waals surface area contributed by atoms with Gasteiger partial charge in [0.1, 0.15) is 5.78 Å². The molecule has 7 heteroatoms. The molecule has 2 aliphatic rings. The number of benzene rings is 1. The molecular formula is C25H38N4O3. The number of nitrogens with one attached hydrogen (secondary N) is 1. The lowest BCUT2D eigenvalue weighted by atomic mass is 9.74. The van der Waals surface area contributed by atoms with Crippen LogP contribution in [0.4, 0.5) is 4.79 Å². The lowest BCUT2D eigenvalue weighted by Gasteiger charge is -2.45. The summed E-state index contributed by atoms with van der Waals surface area (Å²) in [5.74, 6) is 0.160. The SMILES string of the molecule is CN(C)CCNC(=O)N(CCCc1ccccc1)C(=O)[C@@H]1C[C@@H]2CC(=O)CC[C@H]2N(C)C1. The Hall–Kier alpha value is -2.25. The number of nitrogens with zero attached hydrogens (tertiary/aromatic N) is 3. The average Bonchev–Trinajstić information content (AvgIpc) is 2.76. The third kappa shape index (κ3) is 6.62. The van der Waals surface area contributed by atoms with Crippen LogP contribution < -0.4 is 5.32 Å². The van der Waals surface area contributed by atoms with Gasteiger partial charge in [-0.15, -0.1) is 0 Å². The zero-order valence-corrected chi connectivity index (χ0v) is 19.8. The lowest BCUT2D eigenvalue weighted by molar-refractivity contribution is -0.138. The Bertz CT molecular complexity index is 783. The van der Waals surface area contributed by atoms with Crippen molar-refractivity contribution in [1.82, 2.24) is 20.0 Å². The molecule has 1 saturated carbocycles. The zero-order chi connectivity index (χ0) is 23.1. The number of urea groups is 1. The van der Waals surface area contributed by atoms with Gasteiger partial charge in [-0.3, -0.25) is 14.5 Å². The summed E-state index contributed by atoms with van der Waals surface area (Å²) in [5.41, 5.74) is 1.20. The van der Waals surface area contributed by atoms with Crippen molar-refractivity contribution < 1.29 is 14.4 Å². The number of rotatable bonds is 8. The Balaban J connectivity index is 1.65. The first-order valence-corrected chi connectivity index (χ1v) is 11.8. The number of hydrogen-bond acceptors (Lipinski definition) is 5. The second-order valence-corrected chi connectivity index (χ2v) is 9.60. The number of ketones is 1. The van der Waals surface area contributed by atoms with Crippen LogP contribution in [0.5, 0.6) is 0 Å². The second-order valence-electron chi connectivity index (χ2n) is 9.60. The molecule has 2 fully saturated rings. The van der Waals surface area contributed by atoms with Crippen LogP contribution in [0.3, 0.4) is 0 Å². The van der Waals surface area contributed by atoms with Gasteiger partial charge in [0.15, 0.2) is 0 Å². The number of hydrogen-bond donors (Lipinski definition) is 1. The number of carbonyl (C=O) groups is 3. The Kier molecular flexibility index (Phi) is 8.82. The molecule has 3 atom stereocenters. The van der Waals surface area contributed by atoms with E-state index in [0.717, 1.165) is 25.8 Å². The third-order valence-electron chi connectivity index (χ3n) is 6.80. The van der Waals surface area contributed by atoms with Gasteiger partial charge in [-0.1, -0.05) is 30.3 Å². The van der Waals surface area contributed by atoms with Crippen LogP contribution in [0.25, 0.3) is 0 Å². The summed E-state index contributed by atoms with van der Waals surface area (Å²) in [7, 11) is 5.95. The zero-order valence-electron chi connectivity index (χ0n) is 19.8. The molecule has 1 saturated heterocycles. The van der Waals surface area contributed by atoms with Crippen LogP contribution in [0.1, 0.15) is 37.7 Å². The molecule has 3 rings (SSSR count). The predicted octanol–water partition coefficient (Wildman–Crippen LogP) is 2.41. The number of fused-ring (bicyclic) bond motifs is 1. The van der Waals surface area contributed by atoms with E-state index in [1.54, 1.807) is 0 Å². The smallest absolute Gasteiger partial charge is 0.324 e. The fourth-order valence-electron chi connectivity index (χ4n) is 5.10. The van der Waals surface area contributed by atoms with E-state index in [9.17, 15) is 14.4 Å². The monoisotopic (exact) mass is 442 g/mol. The molecule has 3 amide bonds. The minimum Gasteiger partial charge on any atom is -0.336 e. The number of piperidine rings is 1. The molecule has 1 heterocycles. The summed E-state index contributed by atoms with van der Waals surface area (Å²) >= 11 is 0. The van der Waals surface area contributed by atoms with E-state index in [0.29, 0.717) is 50.7 Å². The van der Waals surface area contributed by atoms with Gasteiger partial charge in [0.25, 0.3) is 0 Å². The first-order valence-electron chi connectivity index (χ1n) is 11.8. The van der Waals surface area contributed by atoms with Gasteiger partial charge in [0.05, 0.1) is 5.92 Å². The molecule has 0 aromatic heterocycles. The number of carbonyl (C=O) groups excluding carboxylic acids is 3. The summed E-state index contributed by atoms with van der Waals surface area (Å²) < 4.78 is 0. The number of likely N-dealkylation sites (tertiary alicyclic amines) is 1. The van der Waals surface area contributed by atoms with Gasteiger partial charge in [0.2, 0.25) is 5.91 Å². The highest BCUT2D eigenvalue weighted by Gasteiger charge is 2.42. The Morgan fingerprint density at radius 1 is 1.16 bits per heavy atom. The van der Waals surface area contributed by atoms with Crippen molar-refractivity contribution in [1.29, 1.82) is 0 Å². The summed E-state index contributed by atoms with van der Waals surface area (Å²) in [6.45, 7) is 2.26. The van der Waals surface area contributed by atoms with Crippen LogP contribution >= 0.6 is 0 Å². The number of likely N-dealkylation sites (N-methyl/N-ethyl adjacent to an activating group) is 1. The third-order valence-corrected chi connectivity index (χ3v) is 6.80. The molecule has 0 unspecified atom stereocenters. The molecule has 0 bridgehead atoms. The summed E-state index contributed by atoms with van der Waals surface area (Å²) in [6.07, 6.45) is 4.32. The Labute approximate surface area is 192 Å². The predicted molar refractivity (Wildman–Crippen MR) is 125 cm³/mol. The van der Waals surface area contributed by atoms with Crippen molar-refractivity contribution in [2.24, 2.45) is 11.8 Å². The molecule has 1 aromatic carbocycles. The molecule has 1 aromatic rings. The lowest BCUT2D eigenvalue weighted by Crippen LogP contribution is -2.55. The largest absolute Gasteiger partial charge is 0.336 e. The number of amides is 3. The van der Waals surface area contributed by atoms with Crippen molar-refractivity contribution in [3.8, 4) is 0 Å². The van der Waals surface area contributed by atoms with Crippen molar-refractivity contribution in [2.75, 3.05) is 47.3 Å². The molecule has 32 heavy (non-hydrogen) atoms. The number of Topliss-reactive ketones (excluding diaryl/α,β-unsaturated/α-hetero) is 1. The maximum absolute atomic E-state index is 13.5. The minimum absolute atomic E-state index is 0.108. The first kappa shape index (κ1) is 24.4. The molecule has 0 radical (unpaired) electrons. The van der Waals surface area contributed by atoms with Crippen LogP contribution in [-0.2, 0) is 16.0 Å². The van der Waals surface area contributed by atoms with E-state index < -0.39 is 0 Å². The van der Waals surface area contributed by atoms with Crippen LogP contribution in [-0.4, -0.2) is 85.8 Å². The fraction of sp³-hybridized carbons (Fsp3) is 0.640. The summed E-state index contributed by atoms with van der Waals surface area (Å²) in [5, 5.41) is 2.91. The van der Waals surface area contributed by atoms with Gasteiger partial charge < -0.3 is 15.1 Å². The van der Waals surface area contributed by atoms with Crippen LogP contribution in [0.2, 0.25) is 0 Å². The highest BCUT2D eigenvalue weighted by molar-refractivity contribution is 5.95. The molecule has 1 aliphatic carbocycles. The molecular weight excluding hydrogens is 404 g/mol.